The van der Waals surface area contributed by atoms with Crippen molar-refractivity contribution >= 4 is 11.9 Å². The van der Waals surface area contributed by atoms with Crippen molar-refractivity contribution in [1.82, 2.24) is 15.1 Å². The highest BCUT2D eigenvalue weighted by Gasteiger charge is 2.48. The van der Waals surface area contributed by atoms with E-state index in [0.717, 1.165) is 44.4 Å². The monoisotopic (exact) mass is 475 g/mol. The molecule has 0 bridgehead atoms. The molecule has 3 aliphatic heterocycles. The summed E-state index contributed by atoms with van der Waals surface area (Å²) in [6.45, 7) is 7.05. The van der Waals surface area contributed by atoms with Crippen LogP contribution < -0.4 is 10.1 Å². The van der Waals surface area contributed by atoms with Crippen molar-refractivity contribution in [2.45, 2.75) is 58.0 Å². The number of ether oxygens (including phenoxy) is 1. The second kappa shape index (κ2) is 10.3. The van der Waals surface area contributed by atoms with Gasteiger partial charge in [0.15, 0.2) is 0 Å². The van der Waals surface area contributed by atoms with Crippen molar-refractivity contribution in [1.29, 1.82) is 0 Å². The first-order valence-corrected chi connectivity index (χ1v) is 13.2. The number of piperidine rings is 2. The predicted molar refractivity (Wildman–Crippen MR) is 136 cm³/mol. The number of hydrogen-bond donors (Lipinski definition) is 1. The van der Waals surface area contributed by atoms with E-state index in [1.54, 1.807) is 0 Å². The van der Waals surface area contributed by atoms with Crippen LogP contribution in [0.3, 0.4) is 0 Å². The van der Waals surface area contributed by atoms with Crippen LogP contribution in [0.25, 0.3) is 0 Å². The molecule has 2 saturated heterocycles. The lowest BCUT2D eigenvalue weighted by Crippen LogP contribution is -2.61. The number of rotatable bonds is 6. The van der Waals surface area contributed by atoms with E-state index < -0.39 is 0 Å². The Balaban J connectivity index is 1.29. The number of hydrogen-bond acceptors (Lipinski definition) is 3. The SMILES string of the molecule is CC(C)COc1ccc2c(c1)CCN1C(=O)[C@H]3CCCN(C(=O)NCCc4ccccc4)[C@H]3C[C@@H]21. The Hall–Kier alpha value is -3.02. The number of nitrogens with zero attached hydrogens (tertiary/aromatic N) is 2. The number of fused-ring (bicyclic) bond motifs is 4. The van der Waals surface area contributed by atoms with Crippen molar-refractivity contribution in [3.05, 3.63) is 65.2 Å². The maximum atomic E-state index is 13.6. The van der Waals surface area contributed by atoms with Crippen LogP contribution in [0.1, 0.15) is 55.8 Å². The average Bonchev–Trinajstić information content (AvgIpc) is 2.87. The number of urea groups is 1. The van der Waals surface area contributed by atoms with Gasteiger partial charge in [-0.3, -0.25) is 4.79 Å². The van der Waals surface area contributed by atoms with E-state index in [0.29, 0.717) is 25.6 Å². The number of nitrogens with one attached hydrogen (secondary N) is 1. The van der Waals surface area contributed by atoms with Crippen molar-refractivity contribution < 1.29 is 14.3 Å². The van der Waals surface area contributed by atoms with E-state index in [-0.39, 0.29) is 29.9 Å². The third kappa shape index (κ3) is 5.02. The molecule has 6 heteroatoms. The van der Waals surface area contributed by atoms with Gasteiger partial charge in [0.1, 0.15) is 5.75 Å². The molecular weight excluding hydrogens is 438 g/mol. The number of likely N-dealkylation sites (tertiary alicyclic amines) is 1. The Bertz CT molecular complexity index is 1050. The molecule has 3 amide bonds. The molecule has 3 atom stereocenters. The quantitative estimate of drug-likeness (QED) is 0.665. The van der Waals surface area contributed by atoms with Gasteiger partial charge in [0.05, 0.1) is 18.6 Å². The molecule has 0 unspecified atom stereocenters. The predicted octanol–water partition coefficient (Wildman–Crippen LogP) is 4.58. The highest BCUT2D eigenvalue weighted by Crippen LogP contribution is 2.44. The molecule has 2 aromatic rings. The summed E-state index contributed by atoms with van der Waals surface area (Å²) in [5.74, 6) is 1.52. The van der Waals surface area contributed by atoms with Gasteiger partial charge in [0.25, 0.3) is 0 Å². The largest absolute Gasteiger partial charge is 0.493 e. The van der Waals surface area contributed by atoms with E-state index >= 15 is 0 Å². The number of carbonyl (C=O) groups is 2. The number of amides is 3. The Labute approximate surface area is 208 Å². The minimum Gasteiger partial charge on any atom is -0.493 e. The average molecular weight is 476 g/mol. The van der Waals surface area contributed by atoms with Crippen LogP contribution in [0.15, 0.2) is 48.5 Å². The first kappa shape index (κ1) is 23.7. The van der Waals surface area contributed by atoms with Crippen LogP contribution in [0.2, 0.25) is 0 Å². The highest BCUT2D eigenvalue weighted by molar-refractivity contribution is 5.83. The van der Waals surface area contributed by atoms with Crippen LogP contribution in [0, 0.1) is 11.8 Å². The minimum atomic E-state index is -0.0879. The maximum Gasteiger partial charge on any atom is 0.317 e. The van der Waals surface area contributed by atoms with Crippen LogP contribution in [0.4, 0.5) is 4.79 Å². The zero-order chi connectivity index (χ0) is 24.4. The third-order valence-electron chi connectivity index (χ3n) is 7.69. The van der Waals surface area contributed by atoms with Crippen LogP contribution >= 0.6 is 0 Å². The van der Waals surface area contributed by atoms with Crippen LogP contribution in [-0.4, -0.2) is 54.0 Å². The second-order valence-electron chi connectivity index (χ2n) is 10.6. The summed E-state index contributed by atoms with van der Waals surface area (Å²) in [6.07, 6.45) is 4.22. The minimum absolute atomic E-state index is 0.0318. The zero-order valence-corrected chi connectivity index (χ0v) is 20.9. The van der Waals surface area contributed by atoms with Crippen molar-refractivity contribution in [2.75, 3.05) is 26.2 Å². The molecule has 0 radical (unpaired) electrons. The van der Waals surface area contributed by atoms with E-state index in [9.17, 15) is 9.59 Å². The molecule has 5 rings (SSSR count). The third-order valence-corrected chi connectivity index (χ3v) is 7.69. The normalized spacial score (nSPS) is 23.4. The zero-order valence-electron chi connectivity index (χ0n) is 20.9. The summed E-state index contributed by atoms with van der Waals surface area (Å²) in [6, 6.07) is 16.5. The molecule has 0 saturated carbocycles. The lowest BCUT2D eigenvalue weighted by molar-refractivity contribution is -0.148. The molecule has 186 valence electrons. The van der Waals surface area contributed by atoms with Crippen molar-refractivity contribution in [3.63, 3.8) is 0 Å². The van der Waals surface area contributed by atoms with Gasteiger partial charge in [-0.15, -0.1) is 0 Å². The van der Waals surface area contributed by atoms with E-state index in [4.69, 9.17) is 4.74 Å². The molecule has 1 N–H and O–H groups in total. The molecule has 3 heterocycles. The van der Waals surface area contributed by atoms with E-state index in [2.05, 4.69) is 48.3 Å². The smallest absolute Gasteiger partial charge is 0.317 e. The Morgan fingerprint density at radius 2 is 1.97 bits per heavy atom. The fourth-order valence-electron chi connectivity index (χ4n) is 5.95. The molecule has 35 heavy (non-hydrogen) atoms. The summed E-state index contributed by atoms with van der Waals surface area (Å²) in [4.78, 5) is 30.8. The van der Waals surface area contributed by atoms with E-state index in [1.807, 2.05) is 29.2 Å². The molecule has 0 aliphatic carbocycles. The number of carbonyl (C=O) groups excluding carboxylic acids is 2. The molecule has 2 aromatic carbocycles. The van der Waals surface area contributed by atoms with Crippen LogP contribution in [-0.2, 0) is 17.6 Å². The van der Waals surface area contributed by atoms with Gasteiger partial charge < -0.3 is 19.9 Å². The Kier molecular flexibility index (Phi) is 6.98. The maximum absolute atomic E-state index is 13.6. The van der Waals surface area contributed by atoms with E-state index in [1.165, 1.54) is 16.7 Å². The molecule has 2 fully saturated rings. The van der Waals surface area contributed by atoms with Gasteiger partial charge in [-0.1, -0.05) is 50.2 Å². The molecule has 0 aromatic heterocycles. The lowest BCUT2D eigenvalue weighted by atomic mass is 9.76. The fraction of sp³-hybridized carbons (Fsp3) is 0.517. The van der Waals surface area contributed by atoms with Gasteiger partial charge in [0, 0.05) is 25.7 Å². The fourth-order valence-corrected chi connectivity index (χ4v) is 5.95. The highest BCUT2D eigenvalue weighted by atomic mass is 16.5. The van der Waals surface area contributed by atoms with Gasteiger partial charge in [-0.2, -0.15) is 0 Å². The summed E-state index contributed by atoms with van der Waals surface area (Å²) in [5, 5.41) is 3.12. The summed E-state index contributed by atoms with van der Waals surface area (Å²) >= 11 is 0. The summed E-state index contributed by atoms with van der Waals surface area (Å²) in [5.41, 5.74) is 3.70. The first-order chi connectivity index (χ1) is 17.0. The van der Waals surface area contributed by atoms with Gasteiger partial charge in [-0.05, 0) is 66.8 Å². The molecule has 6 nitrogen and oxygen atoms in total. The summed E-state index contributed by atoms with van der Waals surface area (Å²) < 4.78 is 5.95. The van der Waals surface area contributed by atoms with Crippen molar-refractivity contribution in [2.24, 2.45) is 11.8 Å². The molecular formula is C29H37N3O3. The van der Waals surface area contributed by atoms with Gasteiger partial charge in [-0.25, -0.2) is 4.79 Å². The second-order valence-corrected chi connectivity index (χ2v) is 10.6. The topological polar surface area (TPSA) is 61.9 Å². The summed E-state index contributed by atoms with van der Waals surface area (Å²) in [7, 11) is 0. The van der Waals surface area contributed by atoms with Crippen molar-refractivity contribution in [3.8, 4) is 5.75 Å². The molecule has 3 aliphatic rings. The van der Waals surface area contributed by atoms with Gasteiger partial charge >= 0.3 is 6.03 Å². The molecule has 0 spiro atoms. The van der Waals surface area contributed by atoms with Crippen LogP contribution in [0.5, 0.6) is 5.75 Å². The Morgan fingerprint density at radius 1 is 1.14 bits per heavy atom. The number of benzene rings is 2. The standard InChI is InChI=1S/C29H37N3O3/c1-20(2)19-35-23-10-11-24-22(17-23)13-16-31-26(24)18-27-25(28(31)33)9-6-15-32(27)29(34)30-14-12-21-7-4-3-5-8-21/h3-5,7-8,10-11,17,20,25-27H,6,9,12-16,18-19H2,1-2H3,(H,30,34)/t25-,26-,27-/m0/s1. The Morgan fingerprint density at radius 3 is 2.77 bits per heavy atom. The first-order valence-electron chi connectivity index (χ1n) is 13.2. The lowest BCUT2D eigenvalue weighted by Gasteiger charge is -2.51. The van der Waals surface area contributed by atoms with Gasteiger partial charge in [0.2, 0.25) is 5.91 Å².